The Morgan fingerprint density at radius 2 is 2.06 bits per heavy atom. The minimum absolute atomic E-state index is 0.498. The van der Waals surface area contributed by atoms with E-state index in [0.717, 1.165) is 5.56 Å². The first-order valence-corrected chi connectivity index (χ1v) is 6.32. The second-order valence-corrected chi connectivity index (χ2v) is 4.69. The number of aliphatic hydroxyl groups excluding tert-OH is 1. The molecular weight excluding hydrogens is 226 g/mol. The fourth-order valence-corrected chi connectivity index (χ4v) is 1.67. The van der Waals surface area contributed by atoms with Gasteiger partial charge in [-0.25, -0.2) is 0 Å². The Morgan fingerprint density at radius 1 is 1.39 bits per heavy atom. The Balaban J connectivity index is 2.29. The van der Waals surface area contributed by atoms with Gasteiger partial charge >= 0.3 is 0 Å². The summed E-state index contributed by atoms with van der Waals surface area (Å²) in [6.07, 6.45) is 3.79. The van der Waals surface area contributed by atoms with E-state index in [1.807, 2.05) is 56.3 Å². The average molecular weight is 249 g/mol. The molecule has 2 atom stereocenters. The molecule has 0 bridgehead atoms. The van der Waals surface area contributed by atoms with E-state index in [1.54, 1.807) is 0 Å². The third-order valence-corrected chi connectivity index (χ3v) is 2.91. The summed E-state index contributed by atoms with van der Waals surface area (Å²) in [7, 11) is 0. The van der Waals surface area contributed by atoms with Gasteiger partial charge in [0.1, 0.15) is 0 Å². The predicted octanol–water partition coefficient (Wildman–Crippen LogP) is 2.25. The number of benzene rings is 1. The van der Waals surface area contributed by atoms with Crippen molar-refractivity contribution in [2.45, 2.75) is 38.5 Å². The lowest BCUT2D eigenvalue weighted by molar-refractivity contribution is 0.113. The maximum Gasteiger partial charge on any atom is 0.0750 e. The highest BCUT2D eigenvalue weighted by atomic mass is 16.5. The summed E-state index contributed by atoms with van der Waals surface area (Å²) in [5, 5.41) is 9.70. The van der Waals surface area contributed by atoms with Crippen molar-refractivity contribution < 1.29 is 9.84 Å². The first-order chi connectivity index (χ1) is 8.56. The van der Waals surface area contributed by atoms with E-state index in [1.165, 1.54) is 0 Å². The van der Waals surface area contributed by atoms with Gasteiger partial charge in [-0.2, -0.15) is 0 Å². The highest BCUT2D eigenvalue weighted by molar-refractivity contribution is 5.13. The summed E-state index contributed by atoms with van der Waals surface area (Å²) in [5.41, 5.74) is 6.43. The molecular formula is C15H23NO2. The van der Waals surface area contributed by atoms with Crippen LogP contribution < -0.4 is 5.73 Å². The van der Waals surface area contributed by atoms with Gasteiger partial charge in [-0.05, 0) is 18.9 Å². The quantitative estimate of drug-likeness (QED) is 0.575. The van der Waals surface area contributed by atoms with Crippen LogP contribution >= 0.6 is 0 Å². The zero-order chi connectivity index (χ0) is 13.4. The zero-order valence-electron chi connectivity index (χ0n) is 11.2. The molecule has 0 radical (unpaired) electrons. The highest BCUT2D eigenvalue weighted by Gasteiger charge is 2.23. The number of nitrogens with two attached hydrogens (primary N) is 1. The lowest BCUT2D eigenvalue weighted by Gasteiger charge is -2.26. The van der Waals surface area contributed by atoms with Crippen molar-refractivity contribution in [3.63, 3.8) is 0 Å². The Kier molecular flexibility index (Phi) is 6.05. The summed E-state index contributed by atoms with van der Waals surface area (Å²) in [6, 6.07) is 10.0. The molecule has 0 heterocycles. The molecule has 0 aliphatic heterocycles. The van der Waals surface area contributed by atoms with Crippen LogP contribution in [0, 0.1) is 0 Å². The van der Waals surface area contributed by atoms with Gasteiger partial charge in [0.25, 0.3) is 0 Å². The fourth-order valence-electron chi connectivity index (χ4n) is 1.67. The number of hydrogen-bond donors (Lipinski definition) is 2. The Morgan fingerprint density at radius 3 is 2.67 bits per heavy atom. The predicted molar refractivity (Wildman–Crippen MR) is 74.1 cm³/mol. The SMILES string of the molecule is CC[C@@H](O)[C@](C)(N)/C=C/COCc1ccccc1. The first kappa shape index (κ1) is 14.9. The number of ether oxygens (including phenoxy) is 1. The lowest BCUT2D eigenvalue weighted by atomic mass is 9.94. The molecule has 0 saturated heterocycles. The van der Waals surface area contributed by atoms with E-state index in [-0.39, 0.29) is 0 Å². The molecule has 0 saturated carbocycles. The highest BCUT2D eigenvalue weighted by Crippen LogP contribution is 2.11. The largest absolute Gasteiger partial charge is 0.391 e. The van der Waals surface area contributed by atoms with E-state index in [0.29, 0.717) is 19.6 Å². The molecule has 3 heteroatoms. The van der Waals surface area contributed by atoms with Crippen LogP contribution in [0.15, 0.2) is 42.5 Å². The molecule has 3 nitrogen and oxygen atoms in total. The van der Waals surface area contributed by atoms with Gasteiger partial charge in [0.05, 0.1) is 24.9 Å². The normalized spacial score (nSPS) is 16.7. The van der Waals surface area contributed by atoms with E-state index < -0.39 is 11.6 Å². The third-order valence-electron chi connectivity index (χ3n) is 2.91. The second-order valence-electron chi connectivity index (χ2n) is 4.69. The van der Waals surface area contributed by atoms with Gasteiger partial charge in [0, 0.05) is 0 Å². The molecule has 1 aromatic carbocycles. The second kappa shape index (κ2) is 7.31. The maximum atomic E-state index is 9.70. The minimum atomic E-state index is -0.690. The van der Waals surface area contributed by atoms with Crippen LogP contribution in [-0.4, -0.2) is 23.4 Å². The molecule has 3 N–H and O–H groups in total. The van der Waals surface area contributed by atoms with Crippen LogP contribution in [0.5, 0.6) is 0 Å². The summed E-state index contributed by atoms with van der Waals surface area (Å²) < 4.78 is 5.50. The van der Waals surface area contributed by atoms with Gasteiger partial charge in [-0.15, -0.1) is 0 Å². The fraction of sp³-hybridized carbons (Fsp3) is 0.467. The Hall–Kier alpha value is -1.16. The van der Waals surface area contributed by atoms with Crippen LogP contribution in [0.2, 0.25) is 0 Å². The molecule has 0 aliphatic rings. The third kappa shape index (κ3) is 5.00. The van der Waals surface area contributed by atoms with Gasteiger partial charge in [-0.1, -0.05) is 49.4 Å². The number of hydrogen-bond acceptors (Lipinski definition) is 3. The Bertz CT molecular complexity index is 360. The van der Waals surface area contributed by atoms with Crippen molar-refractivity contribution in [3.8, 4) is 0 Å². The topological polar surface area (TPSA) is 55.5 Å². The maximum absolute atomic E-state index is 9.70. The molecule has 0 amide bonds. The van der Waals surface area contributed by atoms with E-state index >= 15 is 0 Å². The van der Waals surface area contributed by atoms with E-state index in [2.05, 4.69) is 0 Å². The van der Waals surface area contributed by atoms with Gasteiger partial charge in [-0.3, -0.25) is 0 Å². The van der Waals surface area contributed by atoms with Crippen molar-refractivity contribution >= 4 is 0 Å². The molecule has 18 heavy (non-hydrogen) atoms. The monoisotopic (exact) mass is 249 g/mol. The molecule has 1 aromatic rings. The van der Waals surface area contributed by atoms with Crippen molar-refractivity contribution in [2.24, 2.45) is 5.73 Å². The summed E-state index contributed by atoms with van der Waals surface area (Å²) in [5.74, 6) is 0. The molecule has 0 spiro atoms. The average Bonchev–Trinajstić information content (AvgIpc) is 2.38. The van der Waals surface area contributed by atoms with Crippen LogP contribution in [-0.2, 0) is 11.3 Å². The Labute approximate surface area is 109 Å². The summed E-state index contributed by atoms with van der Waals surface area (Å²) in [6.45, 7) is 4.81. The molecule has 0 unspecified atom stereocenters. The standard InChI is InChI=1S/C15H23NO2/c1-3-14(17)15(2,16)10-7-11-18-12-13-8-5-4-6-9-13/h4-10,14,17H,3,11-12,16H2,1-2H3/b10-7+/t14-,15-/m1/s1. The minimum Gasteiger partial charge on any atom is -0.391 e. The van der Waals surface area contributed by atoms with Crippen molar-refractivity contribution in [1.29, 1.82) is 0 Å². The molecule has 0 aliphatic carbocycles. The van der Waals surface area contributed by atoms with Gasteiger partial charge < -0.3 is 15.6 Å². The van der Waals surface area contributed by atoms with Crippen LogP contribution in [0.4, 0.5) is 0 Å². The van der Waals surface area contributed by atoms with Crippen molar-refractivity contribution in [2.75, 3.05) is 6.61 Å². The van der Waals surface area contributed by atoms with Crippen LogP contribution in [0.25, 0.3) is 0 Å². The molecule has 1 rings (SSSR count). The van der Waals surface area contributed by atoms with Crippen LogP contribution in [0.3, 0.4) is 0 Å². The first-order valence-electron chi connectivity index (χ1n) is 6.32. The van der Waals surface area contributed by atoms with E-state index in [9.17, 15) is 5.11 Å². The van der Waals surface area contributed by atoms with Crippen LogP contribution in [0.1, 0.15) is 25.8 Å². The van der Waals surface area contributed by atoms with Crippen molar-refractivity contribution in [3.05, 3.63) is 48.0 Å². The van der Waals surface area contributed by atoms with Crippen molar-refractivity contribution in [1.82, 2.24) is 0 Å². The van der Waals surface area contributed by atoms with Gasteiger partial charge in [0.15, 0.2) is 0 Å². The number of aliphatic hydroxyl groups is 1. The molecule has 0 fully saturated rings. The summed E-state index contributed by atoms with van der Waals surface area (Å²) in [4.78, 5) is 0. The lowest BCUT2D eigenvalue weighted by Crippen LogP contribution is -2.45. The zero-order valence-corrected chi connectivity index (χ0v) is 11.2. The van der Waals surface area contributed by atoms with E-state index in [4.69, 9.17) is 10.5 Å². The molecule has 100 valence electrons. The molecule has 0 aromatic heterocycles. The smallest absolute Gasteiger partial charge is 0.0750 e. The van der Waals surface area contributed by atoms with Gasteiger partial charge in [0.2, 0.25) is 0 Å². The summed E-state index contributed by atoms with van der Waals surface area (Å²) >= 11 is 0. The number of rotatable bonds is 7.